The second-order valence-electron chi connectivity index (χ2n) is 5.81. The normalized spacial score (nSPS) is 27.2. The molecular formula is C16H22O2. The number of hydrogen-bond donors (Lipinski definition) is 1. The molecule has 3 atom stereocenters. The molecule has 18 heavy (non-hydrogen) atoms. The van der Waals surface area contributed by atoms with Gasteiger partial charge in [-0.2, -0.15) is 0 Å². The third-order valence-electron chi connectivity index (χ3n) is 5.07. The molecule has 0 aliphatic heterocycles. The van der Waals surface area contributed by atoms with Gasteiger partial charge in [0.15, 0.2) is 5.78 Å². The summed E-state index contributed by atoms with van der Waals surface area (Å²) >= 11 is 0. The van der Waals surface area contributed by atoms with Gasteiger partial charge in [-0.3, -0.25) is 4.79 Å². The van der Waals surface area contributed by atoms with E-state index in [0.717, 1.165) is 27.8 Å². The van der Waals surface area contributed by atoms with Crippen molar-refractivity contribution in [3.63, 3.8) is 0 Å². The van der Waals surface area contributed by atoms with Gasteiger partial charge in [-0.25, -0.2) is 0 Å². The Morgan fingerprint density at radius 2 is 1.44 bits per heavy atom. The van der Waals surface area contributed by atoms with Crippen molar-refractivity contribution in [3.05, 3.63) is 27.8 Å². The van der Waals surface area contributed by atoms with Gasteiger partial charge in [0.05, 0.1) is 0 Å². The first kappa shape index (κ1) is 13.1. The Bertz CT molecular complexity index is 529. The number of ketones is 1. The lowest BCUT2D eigenvalue weighted by molar-refractivity contribution is 0.0858. The minimum absolute atomic E-state index is 0.0349. The van der Waals surface area contributed by atoms with Crippen LogP contribution in [0, 0.1) is 32.6 Å². The van der Waals surface area contributed by atoms with Gasteiger partial charge in [-0.1, -0.05) is 20.8 Å². The molecule has 1 aliphatic rings. The molecule has 0 radical (unpaired) electrons. The summed E-state index contributed by atoms with van der Waals surface area (Å²) in [6.07, 6.45) is 0. The van der Waals surface area contributed by atoms with Gasteiger partial charge < -0.3 is 5.11 Å². The van der Waals surface area contributed by atoms with Crippen LogP contribution in [0.4, 0.5) is 0 Å². The minimum atomic E-state index is 0.0349. The predicted molar refractivity (Wildman–Crippen MR) is 73.4 cm³/mol. The Morgan fingerprint density at radius 3 is 2.00 bits per heavy atom. The zero-order chi connectivity index (χ0) is 13.8. The molecule has 2 rings (SSSR count). The quantitative estimate of drug-likeness (QED) is 0.754. The van der Waals surface area contributed by atoms with Crippen LogP contribution in [-0.2, 0) is 0 Å². The average Bonchev–Trinajstić information content (AvgIpc) is 2.35. The van der Waals surface area contributed by atoms with Crippen molar-refractivity contribution in [1.29, 1.82) is 0 Å². The molecule has 0 saturated carbocycles. The number of phenols is 1. The number of Topliss-reactive ketones (excluding diaryl/α,β-unsaturated/α-hetero) is 1. The molecule has 0 spiro atoms. The standard InChI is InChI=1S/C16H22O2/c1-7-9(3)13-14(15(17)11(7)5)10(4)8(2)12(6)16(13)18/h7,9,11,18H,1-6H3. The number of phenolic OH excluding ortho intramolecular Hbond substituents is 1. The molecule has 98 valence electrons. The summed E-state index contributed by atoms with van der Waals surface area (Å²) in [5.41, 5.74) is 4.62. The Kier molecular flexibility index (Phi) is 3.00. The Morgan fingerprint density at radius 1 is 0.889 bits per heavy atom. The maximum Gasteiger partial charge on any atom is 0.166 e. The molecule has 0 aromatic heterocycles. The molecule has 1 aromatic rings. The molecule has 2 heteroatoms. The molecule has 0 saturated heterocycles. The number of benzene rings is 1. The molecule has 0 fully saturated rings. The number of carbonyl (C=O) groups excluding carboxylic acids is 1. The van der Waals surface area contributed by atoms with Crippen molar-refractivity contribution in [2.45, 2.75) is 47.5 Å². The van der Waals surface area contributed by atoms with Crippen molar-refractivity contribution < 1.29 is 9.90 Å². The maximum absolute atomic E-state index is 12.5. The summed E-state index contributed by atoms with van der Waals surface area (Å²) in [5.74, 6) is 1.05. The molecule has 1 aliphatic carbocycles. The number of carbonyl (C=O) groups is 1. The van der Waals surface area contributed by atoms with E-state index in [1.165, 1.54) is 0 Å². The molecule has 0 heterocycles. The molecule has 0 bridgehead atoms. The highest BCUT2D eigenvalue weighted by Gasteiger charge is 2.38. The van der Waals surface area contributed by atoms with Crippen LogP contribution in [0.3, 0.4) is 0 Å². The van der Waals surface area contributed by atoms with Gasteiger partial charge in [-0.15, -0.1) is 0 Å². The highest BCUT2D eigenvalue weighted by molar-refractivity contribution is 6.03. The zero-order valence-corrected chi connectivity index (χ0v) is 12.1. The van der Waals surface area contributed by atoms with E-state index >= 15 is 0 Å². The largest absolute Gasteiger partial charge is 0.507 e. The fourth-order valence-electron chi connectivity index (χ4n) is 3.09. The van der Waals surface area contributed by atoms with Gasteiger partial charge in [0.2, 0.25) is 0 Å². The average molecular weight is 246 g/mol. The van der Waals surface area contributed by atoms with E-state index in [1.54, 1.807) is 0 Å². The number of fused-ring (bicyclic) bond motifs is 1. The SMILES string of the molecule is Cc1c(C)c(O)c2c(c1C)C(=O)C(C)C(C)C2C. The van der Waals surface area contributed by atoms with Gasteiger partial charge in [-0.05, 0) is 49.3 Å². The van der Waals surface area contributed by atoms with E-state index in [4.69, 9.17) is 0 Å². The van der Waals surface area contributed by atoms with Crippen LogP contribution >= 0.6 is 0 Å². The Hall–Kier alpha value is -1.31. The van der Waals surface area contributed by atoms with Crippen LogP contribution in [0.25, 0.3) is 0 Å². The fraction of sp³-hybridized carbons (Fsp3) is 0.562. The minimum Gasteiger partial charge on any atom is -0.507 e. The van der Waals surface area contributed by atoms with E-state index in [9.17, 15) is 9.90 Å². The van der Waals surface area contributed by atoms with Crippen molar-refractivity contribution >= 4 is 5.78 Å². The highest BCUT2D eigenvalue weighted by Crippen LogP contribution is 2.46. The van der Waals surface area contributed by atoms with Crippen LogP contribution in [0.15, 0.2) is 0 Å². The predicted octanol–water partition coefficient (Wildman–Crippen LogP) is 3.89. The van der Waals surface area contributed by atoms with Crippen LogP contribution in [0.1, 0.15) is 59.3 Å². The van der Waals surface area contributed by atoms with E-state index in [2.05, 4.69) is 13.8 Å². The fourth-order valence-corrected chi connectivity index (χ4v) is 3.09. The van der Waals surface area contributed by atoms with Gasteiger partial charge in [0, 0.05) is 17.0 Å². The summed E-state index contributed by atoms with van der Waals surface area (Å²) < 4.78 is 0. The summed E-state index contributed by atoms with van der Waals surface area (Å²) in [7, 11) is 0. The van der Waals surface area contributed by atoms with Gasteiger partial charge in [0.25, 0.3) is 0 Å². The van der Waals surface area contributed by atoms with Crippen molar-refractivity contribution in [1.82, 2.24) is 0 Å². The lowest BCUT2D eigenvalue weighted by atomic mass is 9.68. The number of rotatable bonds is 0. The first-order chi connectivity index (χ1) is 8.29. The van der Waals surface area contributed by atoms with Crippen LogP contribution in [-0.4, -0.2) is 10.9 Å². The summed E-state index contributed by atoms with van der Waals surface area (Å²) in [4.78, 5) is 12.5. The lowest BCUT2D eigenvalue weighted by Crippen LogP contribution is -2.31. The third-order valence-corrected chi connectivity index (χ3v) is 5.07. The van der Waals surface area contributed by atoms with E-state index in [0.29, 0.717) is 5.75 Å². The zero-order valence-electron chi connectivity index (χ0n) is 12.1. The maximum atomic E-state index is 12.5. The molecule has 0 amide bonds. The second kappa shape index (κ2) is 4.11. The van der Waals surface area contributed by atoms with Crippen molar-refractivity contribution in [2.75, 3.05) is 0 Å². The summed E-state index contributed by atoms with van der Waals surface area (Å²) in [6.45, 7) is 12.1. The van der Waals surface area contributed by atoms with Gasteiger partial charge in [0.1, 0.15) is 5.75 Å². The molecular weight excluding hydrogens is 224 g/mol. The topological polar surface area (TPSA) is 37.3 Å². The molecule has 3 unspecified atom stereocenters. The molecule has 1 aromatic carbocycles. The first-order valence-electron chi connectivity index (χ1n) is 6.65. The van der Waals surface area contributed by atoms with Crippen LogP contribution in [0.5, 0.6) is 5.75 Å². The van der Waals surface area contributed by atoms with Crippen LogP contribution < -0.4 is 0 Å². The van der Waals surface area contributed by atoms with Crippen molar-refractivity contribution in [2.24, 2.45) is 11.8 Å². The Balaban J connectivity index is 2.85. The summed E-state index contributed by atoms with van der Waals surface area (Å²) in [6, 6.07) is 0. The highest BCUT2D eigenvalue weighted by atomic mass is 16.3. The Labute approximate surface area is 109 Å². The smallest absolute Gasteiger partial charge is 0.166 e. The van der Waals surface area contributed by atoms with E-state index < -0.39 is 0 Å². The van der Waals surface area contributed by atoms with E-state index in [-0.39, 0.29) is 23.5 Å². The monoisotopic (exact) mass is 246 g/mol. The number of hydrogen-bond acceptors (Lipinski definition) is 2. The lowest BCUT2D eigenvalue weighted by Gasteiger charge is -2.35. The molecule has 2 nitrogen and oxygen atoms in total. The summed E-state index contributed by atoms with van der Waals surface area (Å²) in [5, 5.41) is 10.4. The van der Waals surface area contributed by atoms with Crippen molar-refractivity contribution in [3.8, 4) is 5.75 Å². The van der Waals surface area contributed by atoms with Crippen LogP contribution in [0.2, 0.25) is 0 Å². The molecule has 1 N–H and O–H groups in total. The second-order valence-corrected chi connectivity index (χ2v) is 5.81. The van der Waals surface area contributed by atoms with Gasteiger partial charge >= 0.3 is 0 Å². The first-order valence-corrected chi connectivity index (χ1v) is 6.65. The third kappa shape index (κ3) is 1.51. The number of aromatic hydroxyl groups is 1. The van der Waals surface area contributed by atoms with E-state index in [1.807, 2.05) is 27.7 Å².